The van der Waals surface area contributed by atoms with Gasteiger partial charge < -0.3 is 10.6 Å². The number of nitrogens with zero attached hydrogens (tertiary/aromatic N) is 2. The molecule has 6 heteroatoms. The summed E-state index contributed by atoms with van der Waals surface area (Å²) in [6.45, 7) is 3.89. The van der Waals surface area contributed by atoms with Gasteiger partial charge in [0.2, 0.25) is 5.91 Å². The molecule has 1 aliphatic rings. The number of piperidine rings is 1. The van der Waals surface area contributed by atoms with Gasteiger partial charge >= 0.3 is 0 Å². The molecule has 2 aromatic rings. The van der Waals surface area contributed by atoms with Crippen LogP contribution in [0.15, 0.2) is 42.7 Å². The molecule has 2 N–H and O–H groups in total. The van der Waals surface area contributed by atoms with Gasteiger partial charge in [0.1, 0.15) is 0 Å². The van der Waals surface area contributed by atoms with Gasteiger partial charge in [-0.15, -0.1) is 12.4 Å². The molecule has 0 radical (unpaired) electrons. The first-order valence-corrected chi connectivity index (χ1v) is 7.85. The van der Waals surface area contributed by atoms with E-state index in [1.807, 2.05) is 42.1 Å². The monoisotopic (exact) mass is 334 g/mol. The Balaban J connectivity index is 0.00000192. The van der Waals surface area contributed by atoms with Crippen LogP contribution < -0.4 is 10.6 Å². The number of hydrogen-bond acceptors (Lipinski definition) is 3. The zero-order chi connectivity index (χ0) is 15.4. The van der Waals surface area contributed by atoms with Crippen molar-refractivity contribution in [2.75, 3.05) is 13.1 Å². The highest BCUT2D eigenvalue weighted by Gasteiger charge is 2.22. The Hall–Kier alpha value is -1.85. The van der Waals surface area contributed by atoms with Crippen LogP contribution in [-0.4, -0.2) is 28.8 Å². The summed E-state index contributed by atoms with van der Waals surface area (Å²) in [5.74, 6) is 0.302. The van der Waals surface area contributed by atoms with Crippen LogP contribution in [-0.2, 0) is 4.79 Å². The van der Waals surface area contributed by atoms with Gasteiger partial charge in [0.15, 0.2) is 0 Å². The van der Waals surface area contributed by atoms with Crippen molar-refractivity contribution in [3.8, 4) is 5.69 Å². The Labute approximate surface area is 142 Å². The molecule has 124 valence electrons. The number of rotatable bonds is 4. The predicted octanol–water partition coefficient (Wildman–Crippen LogP) is 2.47. The van der Waals surface area contributed by atoms with E-state index in [-0.39, 0.29) is 30.3 Å². The number of nitrogens with one attached hydrogen (secondary N) is 2. The summed E-state index contributed by atoms with van der Waals surface area (Å²) >= 11 is 0. The molecule has 0 saturated carbocycles. The molecule has 5 nitrogen and oxygen atoms in total. The second-order valence-corrected chi connectivity index (χ2v) is 5.80. The van der Waals surface area contributed by atoms with Crippen molar-refractivity contribution in [1.82, 2.24) is 20.4 Å². The Morgan fingerprint density at radius 2 is 2.13 bits per heavy atom. The highest BCUT2D eigenvalue weighted by molar-refractivity contribution is 5.85. The quantitative estimate of drug-likeness (QED) is 0.903. The molecule has 1 atom stereocenters. The van der Waals surface area contributed by atoms with Crippen molar-refractivity contribution in [3.63, 3.8) is 0 Å². The third-order valence-electron chi connectivity index (χ3n) is 4.21. The molecular formula is C17H23ClN4O. The number of hydrogen-bond donors (Lipinski definition) is 2. The van der Waals surface area contributed by atoms with E-state index in [2.05, 4.69) is 21.8 Å². The fourth-order valence-electron chi connectivity index (χ4n) is 2.86. The molecule has 1 saturated heterocycles. The Morgan fingerprint density at radius 1 is 1.35 bits per heavy atom. The summed E-state index contributed by atoms with van der Waals surface area (Å²) in [5, 5.41) is 10.7. The zero-order valence-electron chi connectivity index (χ0n) is 13.2. The zero-order valence-corrected chi connectivity index (χ0v) is 14.1. The summed E-state index contributed by atoms with van der Waals surface area (Å²) in [6, 6.07) is 10.0. The van der Waals surface area contributed by atoms with E-state index >= 15 is 0 Å². The lowest BCUT2D eigenvalue weighted by Gasteiger charge is -2.24. The normalized spacial score (nSPS) is 16.4. The second kappa shape index (κ2) is 8.13. The van der Waals surface area contributed by atoms with E-state index in [1.165, 1.54) is 0 Å². The maximum atomic E-state index is 12.3. The van der Waals surface area contributed by atoms with Gasteiger partial charge in [0.25, 0.3) is 0 Å². The fraction of sp³-hybridized carbons (Fsp3) is 0.412. The molecule has 1 amide bonds. The first-order chi connectivity index (χ1) is 10.7. The molecular weight excluding hydrogens is 312 g/mol. The van der Waals surface area contributed by atoms with Crippen LogP contribution in [0.2, 0.25) is 0 Å². The second-order valence-electron chi connectivity index (χ2n) is 5.80. The Bertz CT molecular complexity index is 623. The smallest absolute Gasteiger partial charge is 0.223 e. The highest BCUT2D eigenvalue weighted by atomic mass is 35.5. The summed E-state index contributed by atoms with van der Waals surface area (Å²) in [7, 11) is 0. The molecule has 3 rings (SSSR count). The van der Waals surface area contributed by atoms with Crippen LogP contribution in [0.3, 0.4) is 0 Å². The Morgan fingerprint density at radius 3 is 2.83 bits per heavy atom. The standard InChI is InChI=1S/C17H22N4O.ClH/c1-13(20-17(22)14-6-9-18-10-7-14)15-4-2-5-16(12-15)21-11-3-8-19-21;/h2-5,8,11-14,18H,6-7,9-10H2,1H3,(H,20,22);1H. The average molecular weight is 335 g/mol. The van der Waals surface area contributed by atoms with E-state index < -0.39 is 0 Å². The molecule has 0 aliphatic carbocycles. The fourth-order valence-corrected chi connectivity index (χ4v) is 2.86. The van der Waals surface area contributed by atoms with E-state index in [1.54, 1.807) is 6.20 Å². The molecule has 1 aliphatic heterocycles. The number of benzene rings is 1. The molecule has 1 unspecified atom stereocenters. The molecule has 2 heterocycles. The third kappa shape index (κ3) is 4.33. The topological polar surface area (TPSA) is 59.0 Å². The van der Waals surface area contributed by atoms with Gasteiger partial charge in [0.05, 0.1) is 11.7 Å². The Kier molecular flexibility index (Phi) is 6.19. The molecule has 0 spiro atoms. The lowest BCUT2D eigenvalue weighted by molar-refractivity contribution is -0.126. The summed E-state index contributed by atoms with van der Waals surface area (Å²) in [6.07, 6.45) is 5.52. The summed E-state index contributed by atoms with van der Waals surface area (Å²) in [4.78, 5) is 12.3. The predicted molar refractivity (Wildman–Crippen MR) is 93.0 cm³/mol. The molecule has 1 fully saturated rings. The summed E-state index contributed by atoms with van der Waals surface area (Å²) < 4.78 is 1.82. The first-order valence-electron chi connectivity index (χ1n) is 7.85. The van der Waals surface area contributed by atoms with Gasteiger partial charge in [0, 0.05) is 18.3 Å². The molecule has 1 aromatic carbocycles. The minimum Gasteiger partial charge on any atom is -0.349 e. The lowest BCUT2D eigenvalue weighted by Crippen LogP contribution is -2.39. The van der Waals surface area contributed by atoms with E-state index in [9.17, 15) is 4.79 Å². The van der Waals surface area contributed by atoms with Gasteiger partial charge in [-0.3, -0.25) is 4.79 Å². The minimum atomic E-state index is -0.00195. The van der Waals surface area contributed by atoms with E-state index in [0.717, 1.165) is 37.2 Å². The van der Waals surface area contributed by atoms with Gasteiger partial charge in [-0.05, 0) is 56.6 Å². The SMILES string of the molecule is CC(NC(=O)C1CCNCC1)c1cccc(-n2cccn2)c1.Cl. The number of amides is 1. The van der Waals surface area contributed by atoms with Crippen molar-refractivity contribution < 1.29 is 4.79 Å². The number of carbonyl (C=O) groups is 1. The van der Waals surface area contributed by atoms with Crippen molar-refractivity contribution in [2.45, 2.75) is 25.8 Å². The maximum absolute atomic E-state index is 12.3. The van der Waals surface area contributed by atoms with Crippen LogP contribution in [0.5, 0.6) is 0 Å². The van der Waals surface area contributed by atoms with Crippen LogP contribution in [0.1, 0.15) is 31.4 Å². The van der Waals surface area contributed by atoms with Crippen LogP contribution in [0, 0.1) is 5.92 Å². The number of aromatic nitrogens is 2. The maximum Gasteiger partial charge on any atom is 0.223 e. The molecule has 1 aromatic heterocycles. The van der Waals surface area contributed by atoms with Crippen molar-refractivity contribution in [2.24, 2.45) is 5.92 Å². The highest BCUT2D eigenvalue weighted by Crippen LogP contribution is 2.19. The third-order valence-corrected chi connectivity index (χ3v) is 4.21. The first kappa shape index (κ1) is 17.5. The molecule has 23 heavy (non-hydrogen) atoms. The van der Waals surface area contributed by atoms with Crippen molar-refractivity contribution in [3.05, 3.63) is 48.3 Å². The van der Waals surface area contributed by atoms with E-state index in [4.69, 9.17) is 0 Å². The van der Waals surface area contributed by atoms with Gasteiger partial charge in [-0.2, -0.15) is 5.10 Å². The number of carbonyl (C=O) groups excluding carboxylic acids is 1. The van der Waals surface area contributed by atoms with Crippen LogP contribution in [0.25, 0.3) is 5.69 Å². The van der Waals surface area contributed by atoms with Gasteiger partial charge in [-0.1, -0.05) is 12.1 Å². The largest absolute Gasteiger partial charge is 0.349 e. The van der Waals surface area contributed by atoms with Crippen LogP contribution in [0.4, 0.5) is 0 Å². The number of halogens is 1. The minimum absolute atomic E-state index is 0. The molecule has 0 bridgehead atoms. The average Bonchev–Trinajstić information content (AvgIpc) is 3.10. The summed E-state index contributed by atoms with van der Waals surface area (Å²) in [5.41, 5.74) is 2.10. The van der Waals surface area contributed by atoms with Crippen molar-refractivity contribution in [1.29, 1.82) is 0 Å². The van der Waals surface area contributed by atoms with Crippen LogP contribution >= 0.6 is 12.4 Å². The van der Waals surface area contributed by atoms with Gasteiger partial charge in [-0.25, -0.2) is 4.68 Å². The lowest BCUT2D eigenvalue weighted by atomic mass is 9.96. The van der Waals surface area contributed by atoms with E-state index in [0.29, 0.717) is 0 Å². The van der Waals surface area contributed by atoms with Crippen molar-refractivity contribution >= 4 is 18.3 Å².